The molecular formula is C18H22N4O. The first-order valence-corrected chi connectivity index (χ1v) is 8.33. The average molecular weight is 310 g/mol. The fourth-order valence-corrected chi connectivity index (χ4v) is 3.60. The summed E-state index contributed by atoms with van der Waals surface area (Å²) in [7, 11) is 2.11. The Morgan fingerprint density at radius 3 is 2.78 bits per heavy atom. The quantitative estimate of drug-likeness (QED) is 0.862. The molecule has 0 radical (unpaired) electrons. The van der Waals surface area contributed by atoms with E-state index in [1.54, 1.807) is 0 Å². The lowest BCUT2D eigenvalue weighted by molar-refractivity contribution is 0.0735. The molecule has 0 aliphatic carbocycles. The van der Waals surface area contributed by atoms with Gasteiger partial charge in [-0.1, -0.05) is 18.2 Å². The van der Waals surface area contributed by atoms with Crippen molar-refractivity contribution in [2.24, 2.45) is 0 Å². The van der Waals surface area contributed by atoms with Gasteiger partial charge < -0.3 is 15.1 Å². The molecule has 0 unspecified atom stereocenters. The van der Waals surface area contributed by atoms with Gasteiger partial charge in [0.15, 0.2) is 0 Å². The third kappa shape index (κ3) is 2.60. The zero-order valence-corrected chi connectivity index (χ0v) is 13.5. The second kappa shape index (κ2) is 5.91. The van der Waals surface area contributed by atoms with Gasteiger partial charge >= 0.3 is 0 Å². The molecule has 2 aromatic rings. The van der Waals surface area contributed by atoms with Crippen molar-refractivity contribution in [2.75, 3.05) is 39.8 Å². The van der Waals surface area contributed by atoms with Crippen LogP contribution in [0.4, 0.5) is 0 Å². The summed E-state index contributed by atoms with van der Waals surface area (Å²) < 4.78 is 0. The van der Waals surface area contributed by atoms with Crippen LogP contribution in [0.3, 0.4) is 0 Å². The van der Waals surface area contributed by atoms with Crippen LogP contribution in [0, 0.1) is 0 Å². The molecular weight excluding hydrogens is 288 g/mol. The summed E-state index contributed by atoms with van der Waals surface area (Å²) in [6.07, 6.45) is 0.915. The number of carbonyl (C=O) groups excluding carboxylic acids is 1. The number of hydrogen-bond donors (Lipinski definition) is 1. The number of aromatic nitrogens is 1. The fraction of sp³-hybridized carbons (Fsp3) is 0.444. The number of hydrogen-bond acceptors (Lipinski definition) is 4. The van der Waals surface area contributed by atoms with E-state index >= 15 is 0 Å². The third-order valence-corrected chi connectivity index (χ3v) is 4.86. The van der Waals surface area contributed by atoms with Gasteiger partial charge in [0.2, 0.25) is 0 Å². The predicted octanol–water partition coefficient (Wildman–Crippen LogP) is 1.27. The number of likely N-dealkylation sites (N-methyl/N-ethyl adjacent to an activating group) is 1. The summed E-state index contributed by atoms with van der Waals surface area (Å²) >= 11 is 0. The zero-order chi connectivity index (χ0) is 15.8. The minimum atomic E-state index is 0.164. The van der Waals surface area contributed by atoms with Gasteiger partial charge in [-0.25, -0.2) is 0 Å². The van der Waals surface area contributed by atoms with Gasteiger partial charge in [-0.15, -0.1) is 0 Å². The molecule has 23 heavy (non-hydrogen) atoms. The predicted molar refractivity (Wildman–Crippen MR) is 90.6 cm³/mol. The number of benzene rings is 1. The monoisotopic (exact) mass is 310 g/mol. The molecule has 0 atom stereocenters. The van der Waals surface area contributed by atoms with Gasteiger partial charge in [0.1, 0.15) is 0 Å². The number of pyridine rings is 1. The van der Waals surface area contributed by atoms with Crippen molar-refractivity contribution < 1.29 is 4.79 Å². The Hall–Kier alpha value is -1.98. The van der Waals surface area contributed by atoms with E-state index < -0.39 is 0 Å². The van der Waals surface area contributed by atoms with E-state index in [1.165, 1.54) is 0 Å². The second-order valence-electron chi connectivity index (χ2n) is 6.46. The number of piperazine rings is 1. The summed E-state index contributed by atoms with van der Waals surface area (Å²) in [4.78, 5) is 22.3. The number of amides is 1. The summed E-state index contributed by atoms with van der Waals surface area (Å²) in [6, 6.07) is 8.04. The summed E-state index contributed by atoms with van der Waals surface area (Å²) in [5, 5.41) is 4.30. The van der Waals surface area contributed by atoms with Gasteiger partial charge in [-0.05, 0) is 13.1 Å². The first-order valence-electron chi connectivity index (χ1n) is 8.33. The number of carbonyl (C=O) groups is 1. The minimum Gasteiger partial charge on any atom is -0.336 e. The molecule has 0 bridgehead atoms. The highest BCUT2D eigenvalue weighted by Gasteiger charge is 2.27. The second-order valence-corrected chi connectivity index (χ2v) is 6.46. The lowest BCUT2D eigenvalue weighted by Crippen LogP contribution is -2.47. The highest BCUT2D eigenvalue weighted by molar-refractivity contribution is 6.07. The van der Waals surface area contributed by atoms with E-state index in [-0.39, 0.29) is 5.91 Å². The van der Waals surface area contributed by atoms with Crippen LogP contribution >= 0.6 is 0 Å². The van der Waals surface area contributed by atoms with Crippen molar-refractivity contribution >= 4 is 16.8 Å². The first-order chi connectivity index (χ1) is 11.2. The molecule has 5 heteroatoms. The Labute approximate surface area is 136 Å². The third-order valence-electron chi connectivity index (χ3n) is 4.86. The summed E-state index contributed by atoms with van der Waals surface area (Å²) in [5.74, 6) is 0.164. The number of nitrogens with zero attached hydrogens (tertiary/aromatic N) is 3. The van der Waals surface area contributed by atoms with E-state index in [0.29, 0.717) is 0 Å². The fourth-order valence-electron chi connectivity index (χ4n) is 3.60. The molecule has 1 saturated heterocycles. The van der Waals surface area contributed by atoms with Crippen LogP contribution in [0.1, 0.15) is 21.6 Å². The molecule has 1 aromatic carbocycles. The standard InChI is InChI=1S/C18H22N4O/c1-21-9-6-16-14(12-21)17(13-4-2-3-5-15(13)20-16)18(23)22-10-7-19-8-11-22/h2-5,19H,6-12H2,1H3. The number of nitrogens with one attached hydrogen (secondary N) is 1. The van der Waals surface area contributed by atoms with Crippen LogP contribution < -0.4 is 5.32 Å². The highest BCUT2D eigenvalue weighted by atomic mass is 16.2. The molecule has 1 fully saturated rings. The zero-order valence-electron chi connectivity index (χ0n) is 13.5. The molecule has 3 heterocycles. The molecule has 4 rings (SSSR count). The summed E-state index contributed by atoms with van der Waals surface area (Å²) in [5.41, 5.74) is 4.04. The molecule has 1 aromatic heterocycles. The van der Waals surface area contributed by atoms with Crippen LogP contribution in [-0.2, 0) is 13.0 Å². The van der Waals surface area contributed by atoms with E-state index in [1.807, 2.05) is 29.2 Å². The van der Waals surface area contributed by atoms with Crippen molar-refractivity contribution in [3.8, 4) is 0 Å². The number of fused-ring (bicyclic) bond motifs is 2. The van der Waals surface area contributed by atoms with Gasteiger partial charge in [-0.3, -0.25) is 9.78 Å². The molecule has 2 aliphatic rings. The van der Waals surface area contributed by atoms with Gasteiger partial charge in [-0.2, -0.15) is 0 Å². The Morgan fingerprint density at radius 1 is 1.17 bits per heavy atom. The molecule has 0 saturated carbocycles. The topological polar surface area (TPSA) is 48.5 Å². The normalized spacial score (nSPS) is 18.9. The Balaban J connectivity index is 1.88. The lowest BCUT2D eigenvalue weighted by Gasteiger charge is -2.31. The Bertz CT molecular complexity index is 752. The molecule has 1 N–H and O–H groups in total. The Morgan fingerprint density at radius 2 is 1.96 bits per heavy atom. The van der Waals surface area contributed by atoms with Gasteiger partial charge in [0.25, 0.3) is 5.91 Å². The van der Waals surface area contributed by atoms with Crippen LogP contribution in [0.2, 0.25) is 0 Å². The first kappa shape index (κ1) is 14.6. The maximum atomic E-state index is 13.2. The maximum absolute atomic E-state index is 13.2. The van der Waals surface area contributed by atoms with E-state index in [0.717, 1.165) is 73.4 Å². The molecule has 0 spiro atoms. The SMILES string of the molecule is CN1CCc2nc3ccccc3c(C(=O)N3CCNCC3)c2C1. The van der Waals surface area contributed by atoms with Crippen molar-refractivity contribution in [3.05, 3.63) is 41.1 Å². The van der Waals surface area contributed by atoms with Crippen molar-refractivity contribution in [2.45, 2.75) is 13.0 Å². The number of rotatable bonds is 1. The molecule has 5 nitrogen and oxygen atoms in total. The largest absolute Gasteiger partial charge is 0.336 e. The maximum Gasteiger partial charge on any atom is 0.255 e. The van der Waals surface area contributed by atoms with Crippen LogP contribution in [0.25, 0.3) is 10.9 Å². The van der Waals surface area contributed by atoms with Crippen molar-refractivity contribution in [1.29, 1.82) is 0 Å². The van der Waals surface area contributed by atoms with Crippen LogP contribution in [0.15, 0.2) is 24.3 Å². The van der Waals surface area contributed by atoms with Gasteiger partial charge in [0, 0.05) is 62.3 Å². The van der Waals surface area contributed by atoms with E-state index in [9.17, 15) is 4.79 Å². The van der Waals surface area contributed by atoms with Crippen LogP contribution in [-0.4, -0.2) is 60.5 Å². The van der Waals surface area contributed by atoms with Crippen LogP contribution in [0.5, 0.6) is 0 Å². The Kier molecular flexibility index (Phi) is 3.75. The van der Waals surface area contributed by atoms with Crippen molar-refractivity contribution in [3.63, 3.8) is 0 Å². The highest BCUT2D eigenvalue weighted by Crippen LogP contribution is 2.28. The number of para-hydroxylation sites is 1. The molecule has 1 amide bonds. The lowest BCUT2D eigenvalue weighted by atomic mass is 9.95. The molecule has 2 aliphatic heterocycles. The minimum absolute atomic E-state index is 0.164. The van der Waals surface area contributed by atoms with Gasteiger partial charge in [0.05, 0.1) is 11.1 Å². The smallest absolute Gasteiger partial charge is 0.255 e. The van der Waals surface area contributed by atoms with Crippen molar-refractivity contribution in [1.82, 2.24) is 20.1 Å². The summed E-state index contributed by atoms with van der Waals surface area (Å²) in [6.45, 7) is 5.10. The average Bonchev–Trinajstić information content (AvgIpc) is 2.60. The molecule has 120 valence electrons. The van der Waals surface area contributed by atoms with E-state index in [4.69, 9.17) is 4.98 Å². The van der Waals surface area contributed by atoms with E-state index in [2.05, 4.69) is 17.3 Å².